The van der Waals surface area contributed by atoms with Crippen LogP contribution in [-0.2, 0) is 29.0 Å². The average molecular weight is 352 g/mol. The molecule has 1 aliphatic rings. The first-order valence-corrected chi connectivity index (χ1v) is 9.39. The number of carbonyl (C=O) groups is 1. The molecule has 0 spiro atoms. The summed E-state index contributed by atoms with van der Waals surface area (Å²) in [5, 5.41) is 3.04. The predicted octanol–water partition coefficient (Wildman–Crippen LogP) is 3.08. The van der Waals surface area contributed by atoms with E-state index in [1.807, 2.05) is 6.07 Å². The molecule has 2 aromatic carbocycles. The van der Waals surface area contributed by atoms with Gasteiger partial charge in [0.05, 0.1) is 13.2 Å². The van der Waals surface area contributed by atoms with E-state index in [0.717, 1.165) is 44.8 Å². The highest BCUT2D eigenvalue weighted by Gasteiger charge is 2.11. The van der Waals surface area contributed by atoms with Crippen molar-refractivity contribution in [1.29, 1.82) is 0 Å². The lowest BCUT2D eigenvalue weighted by Crippen LogP contribution is -2.35. The van der Waals surface area contributed by atoms with Crippen LogP contribution >= 0.6 is 0 Å². The van der Waals surface area contributed by atoms with Crippen LogP contribution in [0.5, 0.6) is 0 Å². The Kier molecular flexibility index (Phi) is 6.81. The molecule has 0 radical (unpaired) electrons. The number of morpholine rings is 1. The molecule has 1 aliphatic heterocycles. The quantitative estimate of drug-likeness (QED) is 0.833. The fourth-order valence-electron chi connectivity index (χ4n) is 3.27. The molecule has 1 N–H and O–H groups in total. The van der Waals surface area contributed by atoms with E-state index < -0.39 is 0 Å². The zero-order chi connectivity index (χ0) is 18.2. The lowest BCUT2D eigenvalue weighted by atomic mass is 10.1. The Balaban J connectivity index is 1.44. The molecule has 4 heteroatoms. The summed E-state index contributed by atoms with van der Waals surface area (Å²) in [6, 6.07) is 16.8. The maximum Gasteiger partial charge on any atom is 0.220 e. The van der Waals surface area contributed by atoms with Crippen molar-refractivity contribution < 1.29 is 9.53 Å². The van der Waals surface area contributed by atoms with Gasteiger partial charge in [-0.05, 0) is 30.0 Å². The van der Waals surface area contributed by atoms with Gasteiger partial charge in [0, 0.05) is 32.6 Å². The number of nitrogens with one attached hydrogen (secondary N) is 1. The summed E-state index contributed by atoms with van der Waals surface area (Å²) in [6.07, 6.45) is 1.31. The van der Waals surface area contributed by atoms with Crippen molar-refractivity contribution in [2.45, 2.75) is 32.9 Å². The van der Waals surface area contributed by atoms with Crippen molar-refractivity contribution in [1.82, 2.24) is 10.2 Å². The van der Waals surface area contributed by atoms with Gasteiger partial charge in [-0.2, -0.15) is 0 Å². The Morgan fingerprint density at radius 3 is 2.58 bits per heavy atom. The highest BCUT2D eigenvalue weighted by molar-refractivity contribution is 5.76. The first-order valence-electron chi connectivity index (χ1n) is 9.39. The Morgan fingerprint density at radius 2 is 1.77 bits per heavy atom. The summed E-state index contributed by atoms with van der Waals surface area (Å²) in [5.41, 5.74) is 4.89. The fourth-order valence-corrected chi connectivity index (χ4v) is 3.27. The number of aryl methyl sites for hydroxylation is 2. The standard InChI is InChI=1S/C22H28N2O2/c1-18-4-2-5-19(14-18)8-9-22(25)23-16-20-6-3-7-21(15-20)17-24-10-12-26-13-11-24/h2-7,14-15H,8-13,16-17H2,1H3,(H,23,25). The smallest absolute Gasteiger partial charge is 0.220 e. The number of hydrogen-bond donors (Lipinski definition) is 1. The summed E-state index contributed by atoms with van der Waals surface area (Å²) in [6.45, 7) is 7.21. The van der Waals surface area contributed by atoms with Crippen molar-refractivity contribution in [3.63, 3.8) is 0 Å². The fraction of sp³-hybridized carbons (Fsp3) is 0.409. The van der Waals surface area contributed by atoms with E-state index in [-0.39, 0.29) is 5.91 Å². The van der Waals surface area contributed by atoms with Crippen LogP contribution in [-0.4, -0.2) is 37.1 Å². The number of hydrogen-bond acceptors (Lipinski definition) is 3. The minimum absolute atomic E-state index is 0.102. The first-order chi connectivity index (χ1) is 12.7. The van der Waals surface area contributed by atoms with E-state index in [9.17, 15) is 4.79 Å². The normalized spacial score (nSPS) is 15.0. The number of ether oxygens (including phenoxy) is 1. The van der Waals surface area contributed by atoms with E-state index >= 15 is 0 Å². The van der Waals surface area contributed by atoms with Crippen LogP contribution in [0.4, 0.5) is 0 Å². The third-order valence-electron chi connectivity index (χ3n) is 4.71. The summed E-state index contributed by atoms with van der Waals surface area (Å²) in [5.74, 6) is 0.102. The van der Waals surface area contributed by atoms with Crippen LogP contribution in [0, 0.1) is 6.92 Å². The van der Waals surface area contributed by atoms with Crippen molar-refractivity contribution in [3.05, 3.63) is 70.8 Å². The second-order valence-corrected chi connectivity index (χ2v) is 6.97. The molecule has 0 bridgehead atoms. The average Bonchev–Trinajstić information content (AvgIpc) is 2.66. The second kappa shape index (κ2) is 9.51. The molecule has 1 heterocycles. The van der Waals surface area contributed by atoms with Crippen LogP contribution in [0.25, 0.3) is 0 Å². The Bertz CT molecular complexity index is 724. The zero-order valence-electron chi connectivity index (χ0n) is 15.5. The van der Waals surface area contributed by atoms with Crippen molar-refractivity contribution in [2.24, 2.45) is 0 Å². The summed E-state index contributed by atoms with van der Waals surface area (Å²) < 4.78 is 5.40. The molecule has 0 unspecified atom stereocenters. The van der Waals surface area contributed by atoms with E-state index in [1.54, 1.807) is 0 Å². The SMILES string of the molecule is Cc1cccc(CCC(=O)NCc2cccc(CN3CCOCC3)c2)c1. The lowest BCUT2D eigenvalue weighted by Gasteiger charge is -2.26. The molecule has 2 aromatic rings. The summed E-state index contributed by atoms with van der Waals surface area (Å²) in [7, 11) is 0. The molecular weight excluding hydrogens is 324 g/mol. The lowest BCUT2D eigenvalue weighted by molar-refractivity contribution is -0.121. The van der Waals surface area contributed by atoms with Gasteiger partial charge in [-0.1, -0.05) is 54.1 Å². The number of carbonyl (C=O) groups excluding carboxylic acids is 1. The zero-order valence-corrected chi connectivity index (χ0v) is 15.5. The van der Waals surface area contributed by atoms with Gasteiger partial charge in [-0.3, -0.25) is 9.69 Å². The van der Waals surface area contributed by atoms with E-state index in [4.69, 9.17) is 4.74 Å². The summed E-state index contributed by atoms with van der Waals surface area (Å²) >= 11 is 0. The molecule has 26 heavy (non-hydrogen) atoms. The van der Waals surface area contributed by atoms with Crippen LogP contribution in [0.1, 0.15) is 28.7 Å². The topological polar surface area (TPSA) is 41.6 Å². The maximum atomic E-state index is 12.1. The molecule has 0 aromatic heterocycles. The Labute approximate surface area is 156 Å². The molecule has 3 rings (SSSR count). The monoisotopic (exact) mass is 352 g/mol. The van der Waals surface area contributed by atoms with E-state index in [1.165, 1.54) is 16.7 Å². The number of nitrogens with zero attached hydrogens (tertiary/aromatic N) is 1. The number of amides is 1. The van der Waals surface area contributed by atoms with Gasteiger partial charge in [0.15, 0.2) is 0 Å². The van der Waals surface area contributed by atoms with E-state index in [2.05, 4.69) is 59.6 Å². The van der Waals surface area contributed by atoms with Crippen molar-refractivity contribution >= 4 is 5.91 Å². The molecule has 0 atom stereocenters. The van der Waals surface area contributed by atoms with Gasteiger partial charge < -0.3 is 10.1 Å². The van der Waals surface area contributed by atoms with Gasteiger partial charge in [-0.25, -0.2) is 0 Å². The third kappa shape index (κ3) is 5.97. The van der Waals surface area contributed by atoms with Gasteiger partial charge in [0.25, 0.3) is 0 Å². The molecule has 1 saturated heterocycles. The van der Waals surface area contributed by atoms with Gasteiger partial charge in [0.2, 0.25) is 5.91 Å². The van der Waals surface area contributed by atoms with Crippen LogP contribution in [0.3, 0.4) is 0 Å². The first kappa shape index (κ1) is 18.6. The van der Waals surface area contributed by atoms with Crippen molar-refractivity contribution in [2.75, 3.05) is 26.3 Å². The van der Waals surface area contributed by atoms with E-state index in [0.29, 0.717) is 13.0 Å². The van der Waals surface area contributed by atoms with Crippen LogP contribution in [0.2, 0.25) is 0 Å². The van der Waals surface area contributed by atoms with Gasteiger partial charge >= 0.3 is 0 Å². The molecule has 138 valence electrons. The minimum Gasteiger partial charge on any atom is -0.379 e. The van der Waals surface area contributed by atoms with Gasteiger partial charge in [0.1, 0.15) is 0 Å². The molecule has 0 saturated carbocycles. The largest absolute Gasteiger partial charge is 0.379 e. The molecule has 4 nitrogen and oxygen atoms in total. The molecular formula is C22H28N2O2. The van der Waals surface area contributed by atoms with Crippen LogP contribution < -0.4 is 5.32 Å². The van der Waals surface area contributed by atoms with Crippen LogP contribution in [0.15, 0.2) is 48.5 Å². The Hall–Kier alpha value is -2.17. The highest BCUT2D eigenvalue weighted by Crippen LogP contribution is 2.10. The summed E-state index contributed by atoms with van der Waals surface area (Å²) in [4.78, 5) is 14.5. The maximum absolute atomic E-state index is 12.1. The highest BCUT2D eigenvalue weighted by atomic mass is 16.5. The molecule has 1 amide bonds. The Morgan fingerprint density at radius 1 is 1.04 bits per heavy atom. The second-order valence-electron chi connectivity index (χ2n) is 6.97. The number of benzene rings is 2. The van der Waals surface area contributed by atoms with Gasteiger partial charge in [-0.15, -0.1) is 0 Å². The third-order valence-corrected chi connectivity index (χ3v) is 4.71. The number of rotatable bonds is 7. The molecule has 1 fully saturated rings. The molecule has 0 aliphatic carbocycles. The predicted molar refractivity (Wildman–Crippen MR) is 104 cm³/mol. The van der Waals surface area contributed by atoms with Crippen molar-refractivity contribution in [3.8, 4) is 0 Å². The minimum atomic E-state index is 0.102.